The molecule has 0 aliphatic heterocycles. The van der Waals surface area contributed by atoms with Gasteiger partial charge in [0.1, 0.15) is 11.5 Å². The largest absolute Gasteiger partial charge is 0.495 e. The minimum absolute atomic E-state index is 0.376. The average Bonchev–Trinajstić information content (AvgIpc) is 2.83. The number of pyridine rings is 1. The van der Waals surface area contributed by atoms with E-state index in [9.17, 15) is 0 Å². The van der Waals surface area contributed by atoms with Crippen molar-refractivity contribution in [2.45, 2.75) is 18.0 Å². The van der Waals surface area contributed by atoms with Crippen molar-refractivity contribution < 1.29 is 9.47 Å². The second kappa shape index (κ2) is 9.94. The molecule has 0 radical (unpaired) electrons. The summed E-state index contributed by atoms with van der Waals surface area (Å²) in [6.45, 7) is 0. The molecule has 2 heterocycles. The number of hydrogen-bond donors (Lipinski definition) is 0. The molecule has 0 spiro atoms. The molecule has 0 amide bonds. The third-order valence-electron chi connectivity index (χ3n) is 5.12. The number of nitrogens with zero attached hydrogens (tertiary/aromatic N) is 3. The van der Waals surface area contributed by atoms with Crippen molar-refractivity contribution in [1.29, 1.82) is 0 Å². The molecule has 8 heteroatoms. The van der Waals surface area contributed by atoms with Crippen LogP contribution in [0.4, 0.5) is 0 Å². The number of ether oxygens (including phenoxy) is 2. The Hall–Kier alpha value is -2.54. The molecular formula is C24H21Cl2N3O2S. The summed E-state index contributed by atoms with van der Waals surface area (Å²) in [7, 11) is 3.10. The highest BCUT2D eigenvalue weighted by Gasteiger charge is 2.21. The second-order valence-corrected chi connectivity index (χ2v) is 8.55. The first-order valence-electron chi connectivity index (χ1n) is 9.90. The van der Waals surface area contributed by atoms with Crippen LogP contribution in [0, 0.1) is 0 Å². The van der Waals surface area contributed by atoms with Gasteiger partial charge in [-0.05, 0) is 30.7 Å². The molecule has 2 aromatic carbocycles. The normalized spacial score (nSPS) is 11.0. The highest BCUT2D eigenvalue weighted by atomic mass is 35.5. The van der Waals surface area contributed by atoms with E-state index in [-0.39, 0.29) is 0 Å². The van der Waals surface area contributed by atoms with Gasteiger partial charge in [0, 0.05) is 23.2 Å². The second-order valence-electron chi connectivity index (χ2n) is 7.02. The fourth-order valence-corrected chi connectivity index (χ4v) is 4.54. The van der Waals surface area contributed by atoms with Crippen molar-refractivity contribution in [1.82, 2.24) is 15.0 Å². The van der Waals surface area contributed by atoms with Gasteiger partial charge in [0.05, 0.1) is 41.2 Å². The van der Waals surface area contributed by atoms with Gasteiger partial charge in [0.25, 0.3) is 0 Å². The van der Waals surface area contributed by atoms with Gasteiger partial charge in [-0.2, -0.15) is 0 Å². The van der Waals surface area contributed by atoms with Crippen molar-refractivity contribution >= 4 is 45.9 Å². The number of hydrogen-bond acceptors (Lipinski definition) is 6. The molecule has 0 bridgehead atoms. The van der Waals surface area contributed by atoms with E-state index in [2.05, 4.69) is 17.1 Å². The van der Waals surface area contributed by atoms with Crippen molar-refractivity contribution in [2.75, 3.05) is 20.5 Å². The zero-order chi connectivity index (χ0) is 22.7. The van der Waals surface area contributed by atoms with Crippen LogP contribution in [0.25, 0.3) is 22.2 Å². The maximum absolute atomic E-state index is 6.66. The van der Waals surface area contributed by atoms with Crippen molar-refractivity contribution in [3.8, 4) is 22.8 Å². The lowest BCUT2D eigenvalue weighted by molar-refractivity contribution is 0.395. The predicted octanol–water partition coefficient (Wildman–Crippen LogP) is 6.52. The summed E-state index contributed by atoms with van der Waals surface area (Å²) in [5, 5.41) is 2.32. The average molecular weight is 486 g/mol. The Morgan fingerprint density at radius 3 is 2.22 bits per heavy atom. The van der Waals surface area contributed by atoms with Crippen molar-refractivity contribution in [3.63, 3.8) is 0 Å². The SMILES string of the molecule is COc1cc(OC)c(Cl)c(-c2cc3cnc(SC)nc3c(CCc3ccccc3)n2)c1Cl. The van der Waals surface area contributed by atoms with Crippen LogP contribution in [-0.4, -0.2) is 35.4 Å². The molecule has 5 nitrogen and oxygen atoms in total. The molecule has 4 rings (SSSR count). The molecule has 32 heavy (non-hydrogen) atoms. The first kappa shape index (κ1) is 22.6. The summed E-state index contributed by atoms with van der Waals surface area (Å²) in [6.07, 6.45) is 5.29. The van der Waals surface area contributed by atoms with Gasteiger partial charge >= 0.3 is 0 Å². The van der Waals surface area contributed by atoms with Gasteiger partial charge in [-0.1, -0.05) is 65.3 Å². The smallest absolute Gasteiger partial charge is 0.187 e. The van der Waals surface area contributed by atoms with Crippen LogP contribution in [0.2, 0.25) is 10.0 Å². The highest BCUT2D eigenvalue weighted by molar-refractivity contribution is 7.98. The van der Waals surface area contributed by atoms with Crippen LogP contribution in [0.15, 0.2) is 53.8 Å². The van der Waals surface area contributed by atoms with E-state index >= 15 is 0 Å². The van der Waals surface area contributed by atoms with E-state index in [1.54, 1.807) is 20.3 Å². The Morgan fingerprint density at radius 1 is 0.906 bits per heavy atom. The maximum atomic E-state index is 6.66. The van der Waals surface area contributed by atoms with Crippen LogP contribution in [0.3, 0.4) is 0 Å². The van der Waals surface area contributed by atoms with Crippen LogP contribution in [0.5, 0.6) is 11.5 Å². The Morgan fingerprint density at radius 2 is 1.59 bits per heavy atom. The third kappa shape index (κ3) is 4.49. The molecule has 0 aliphatic carbocycles. The molecule has 0 atom stereocenters. The zero-order valence-electron chi connectivity index (χ0n) is 17.9. The molecular weight excluding hydrogens is 465 g/mol. The molecule has 2 aromatic heterocycles. The number of thioether (sulfide) groups is 1. The summed E-state index contributed by atoms with van der Waals surface area (Å²) in [5.74, 6) is 0.925. The Labute approximate surface area is 201 Å². The van der Waals surface area contributed by atoms with Gasteiger partial charge in [0.15, 0.2) is 5.16 Å². The summed E-state index contributed by atoms with van der Waals surface area (Å²) in [5.41, 5.74) is 4.08. The first-order chi connectivity index (χ1) is 15.5. The fourth-order valence-electron chi connectivity index (χ4n) is 3.51. The number of rotatable bonds is 7. The van der Waals surface area contributed by atoms with Gasteiger partial charge in [0.2, 0.25) is 0 Å². The van der Waals surface area contributed by atoms with E-state index in [4.69, 9.17) is 42.6 Å². The fraction of sp³-hybridized carbons (Fsp3) is 0.208. The molecule has 0 saturated carbocycles. The highest BCUT2D eigenvalue weighted by Crippen LogP contribution is 2.46. The molecule has 0 fully saturated rings. The number of aromatic nitrogens is 3. The summed E-state index contributed by atoms with van der Waals surface area (Å²) >= 11 is 14.8. The number of aryl methyl sites for hydroxylation is 2. The zero-order valence-corrected chi connectivity index (χ0v) is 20.2. The minimum Gasteiger partial charge on any atom is -0.495 e. The van der Waals surface area contributed by atoms with Crippen LogP contribution >= 0.6 is 35.0 Å². The maximum Gasteiger partial charge on any atom is 0.187 e. The Bertz CT molecular complexity index is 1240. The van der Waals surface area contributed by atoms with Crippen molar-refractivity contribution in [3.05, 3.63) is 70.0 Å². The van der Waals surface area contributed by atoms with Gasteiger partial charge < -0.3 is 9.47 Å². The first-order valence-corrected chi connectivity index (χ1v) is 11.9. The summed E-state index contributed by atoms with van der Waals surface area (Å²) in [6, 6.07) is 13.9. The monoisotopic (exact) mass is 485 g/mol. The molecule has 0 aliphatic rings. The van der Waals surface area contributed by atoms with Gasteiger partial charge in [-0.15, -0.1) is 0 Å². The van der Waals surface area contributed by atoms with E-state index in [0.29, 0.717) is 44.4 Å². The van der Waals surface area contributed by atoms with E-state index < -0.39 is 0 Å². The number of benzene rings is 2. The van der Waals surface area contributed by atoms with Crippen LogP contribution < -0.4 is 9.47 Å². The lowest BCUT2D eigenvalue weighted by atomic mass is 10.0. The predicted molar refractivity (Wildman–Crippen MR) is 132 cm³/mol. The standard InChI is InChI=1S/C24H21Cl2N3O2S/c1-30-18-12-19(31-2)22(26)20(21(18)25)17-11-15-13-27-24(32-3)29-23(15)16(28-17)10-9-14-7-5-4-6-8-14/h4-8,11-13H,9-10H2,1-3H3. The third-order valence-corrected chi connectivity index (χ3v) is 6.43. The van der Waals surface area contributed by atoms with Crippen molar-refractivity contribution in [2.24, 2.45) is 0 Å². The van der Waals surface area contributed by atoms with E-state index in [0.717, 1.165) is 23.0 Å². The summed E-state index contributed by atoms with van der Waals surface area (Å²) in [4.78, 5) is 14.1. The lowest BCUT2D eigenvalue weighted by Crippen LogP contribution is -2.02. The number of fused-ring (bicyclic) bond motifs is 1. The molecule has 0 unspecified atom stereocenters. The van der Waals surface area contributed by atoms with Gasteiger partial charge in [-0.3, -0.25) is 4.98 Å². The van der Waals surface area contributed by atoms with E-state index in [1.807, 2.05) is 36.7 Å². The quantitative estimate of drug-likeness (QED) is 0.219. The molecule has 4 aromatic rings. The van der Waals surface area contributed by atoms with Crippen LogP contribution in [-0.2, 0) is 12.8 Å². The van der Waals surface area contributed by atoms with Crippen LogP contribution in [0.1, 0.15) is 11.3 Å². The number of methoxy groups -OCH3 is 2. The molecule has 0 saturated heterocycles. The number of halogens is 2. The minimum atomic E-state index is 0.376. The Kier molecular flexibility index (Phi) is 7.04. The van der Waals surface area contributed by atoms with E-state index in [1.165, 1.54) is 17.3 Å². The Balaban J connectivity index is 1.90. The summed E-state index contributed by atoms with van der Waals surface area (Å²) < 4.78 is 10.9. The molecule has 0 N–H and O–H groups in total. The molecule has 164 valence electrons. The lowest BCUT2D eigenvalue weighted by Gasteiger charge is -2.16. The topological polar surface area (TPSA) is 57.1 Å². The van der Waals surface area contributed by atoms with Gasteiger partial charge in [-0.25, -0.2) is 9.97 Å².